The largest absolute Gasteiger partial charge is 0.496 e. The normalized spacial score (nSPS) is 12.5. The maximum absolute atomic E-state index is 5.76. The van der Waals surface area contributed by atoms with E-state index in [9.17, 15) is 0 Å². The zero-order valence-electron chi connectivity index (χ0n) is 11.7. The smallest absolute Gasteiger partial charge is 0.124 e. The number of methoxy groups -OCH3 is 1. The molecule has 0 saturated carbocycles. The van der Waals surface area contributed by atoms with Crippen LogP contribution in [0.25, 0.3) is 0 Å². The van der Waals surface area contributed by atoms with Gasteiger partial charge in [-0.25, -0.2) is 10.4 Å². The van der Waals surface area contributed by atoms with Crippen molar-refractivity contribution in [1.29, 1.82) is 0 Å². The van der Waals surface area contributed by atoms with Crippen molar-refractivity contribution in [2.45, 2.75) is 26.8 Å². The van der Waals surface area contributed by atoms with Crippen molar-refractivity contribution in [3.05, 3.63) is 44.9 Å². The molecule has 1 aromatic carbocycles. The number of ether oxygens (including phenoxy) is 1. The fourth-order valence-corrected chi connectivity index (χ4v) is 3.21. The summed E-state index contributed by atoms with van der Waals surface area (Å²) in [6.07, 6.45) is 0. The van der Waals surface area contributed by atoms with Crippen LogP contribution in [0.15, 0.2) is 18.2 Å². The van der Waals surface area contributed by atoms with Crippen LogP contribution in [0.3, 0.4) is 0 Å². The van der Waals surface area contributed by atoms with Gasteiger partial charge < -0.3 is 4.74 Å². The average Bonchev–Trinajstić information content (AvgIpc) is 2.70. The molecule has 1 heterocycles. The molecule has 4 nitrogen and oxygen atoms in total. The Morgan fingerprint density at radius 3 is 2.58 bits per heavy atom. The Hall–Kier alpha value is -1.43. The van der Waals surface area contributed by atoms with E-state index >= 15 is 0 Å². The summed E-state index contributed by atoms with van der Waals surface area (Å²) in [5.41, 5.74) is 6.10. The number of nitrogens with two attached hydrogens (primary N) is 1. The van der Waals surface area contributed by atoms with E-state index in [2.05, 4.69) is 23.4 Å². The average molecular weight is 277 g/mol. The molecule has 3 N–H and O–H groups in total. The summed E-state index contributed by atoms with van der Waals surface area (Å²) in [5, 5.41) is 1.04. The molecule has 102 valence electrons. The van der Waals surface area contributed by atoms with Crippen LogP contribution >= 0.6 is 11.3 Å². The predicted octanol–water partition coefficient (Wildman–Crippen LogP) is 2.63. The van der Waals surface area contributed by atoms with Gasteiger partial charge in [-0.2, -0.15) is 0 Å². The summed E-state index contributed by atoms with van der Waals surface area (Å²) < 4.78 is 5.44. The number of nitrogens with zero attached hydrogens (tertiary/aromatic N) is 1. The number of benzene rings is 1. The molecule has 2 rings (SSSR count). The van der Waals surface area contributed by atoms with Crippen LogP contribution in [-0.2, 0) is 0 Å². The van der Waals surface area contributed by atoms with Gasteiger partial charge in [-0.3, -0.25) is 5.84 Å². The molecular weight excluding hydrogens is 258 g/mol. The van der Waals surface area contributed by atoms with Crippen molar-refractivity contribution in [3.63, 3.8) is 0 Å². The van der Waals surface area contributed by atoms with Gasteiger partial charge in [0.2, 0.25) is 0 Å². The number of nitrogens with one attached hydrogen (secondary N) is 1. The Morgan fingerprint density at radius 1 is 1.32 bits per heavy atom. The van der Waals surface area contributed by atoms with Crippen LogP contribution in [0.1, 0.15) is 32.7 Å². The van der Waals surface area contributed by atoms with Gasteiger partial charge in [0.1, 0.15) is 5.75 Å². The van der Waals surface area contributed by atoms with Crippen LogP contribution in [-0.4, -0.2) is 12.1 Å². The summed E-state index contributed by atoms with van der Waals surface area (Å²) in [5.74, 6) is 6.59. The lowest BCUT2D eigenvalue weighted by Crippen LogP contribution is -2.29. The minimum atomic E-state index is -0.0963. The van der Waals surface area contributed by atoms with Crippen molar-refractivity contribution < 1.29 is 4.74 Å². The minimum absolute atomic E-state index is 0.0963. The molecule has 0 spiro atoms. The SMILES string of the molecule is COc1ccc(C)cc1C(NN)c1sc(C)nc1C. The maximum atomic E-state index is 5.76. The molecule has 0 aliphatic heterocycles. The molecule has 0 fully saturated rings. The third kappa shape index (κ3) is 2.78. The number of aromatic nitrogens is 1. The lowest BCUT2D eigenvalue weighted by atomic mass is 10.0. The fraction of sp³-hybridized carbons (Fsp3) is 0.357. The van der Waals surface area contributed by atoms with Gasteiger partial charge >= 0.3 is 0 Å². The van der Waals surface area contributed by atoms with Crippen LogP contribution in [0.5, 0.6) is 5.75 Å². The molecule has 1 atom stereocenters. The number of hydrogen-bond donors (Lipinski definition) is 2. The van der Waals surface area contributed by atoms with E-state index in [-0.39, 0.29) is 6.04 Å². The topological polar surface area (TPSA) is 60.2 Å². The molecule has 5 heteroatoms. The number of thiazole rings is 1. The van der Waals surface area contributed by atoms with E-state index in [1.54, 1.807) is 18.4 Å². The molecular formula is C14H19N3OS. The zero-order chi connectivity index (χ0) is 14.0. The maximum Gasteiger partial charge on any atom is 0.124 e. The first kappa shape index (κ1) is 14.0. The van der Waals surface area contributed by atoms with E-state index in [4.69, 9.17) is 10.6 Å². The fourth-order valence-electron chi connectivity index (χ4n) is 2.20. The molecule has 19 heavy (non-hydrogen) atoms. The van der Waals surface area contributed by atoms with Gasteiger partial charge in [0.15, 0.2) is 0 Å². The summed E-state index contributed by atoms with van der Waals surface area (Å²) in [4.78, 5) is 5.59. The zero-order valence-corrected chi connectivity index (χ0v) is 12.5. The Bertz CT molecular complexity index is 580. The van der Waals surface area contributed by atoms with Crippen molar-refractivity contribution in [2.24, 2.45) is 5.84 Å². The highest BCUT2D eigenvalue weighted by Gasteiger charge is 2.21. The molecule has 0 radical (unpaired) electrons. The lowest BCUT2D eigenvalue weighted by Gasteiger charge is -2.19. The van der Waals surface area contributed by atoms with Crippen LogP contribution in [0, 0.1) is 20.8 Å². The van der Waals surface area contributed by atoms with Gasteiger partial charge in [0.05, 0.1) is 28.7 Å². The van der Waals surface area contributed by atoms with Gasteiger partial charge in [-0.15, -0.1) is 11.3 Å². The quantitative estimate of drug-likeness (QED) is 0.666. The van der Waals surface area contributed by atoms with Crippen LogP contribution in [0.4, 0.5) is 0 Å². The molecule has 0 bridgehead atoms. The third-order valence-electron chi connectivity index (χ3n) is 3.06. The van der Waals surface area contributed by atoms with Crippen molar-refractivity contribution in [3.8, 4) is 5.75 Å². The van der Waals surface area contributed by atoms with Gasteiger partial charge in [-0.1, -0.05) is 17.7 Å². The highest BCUT2D eigenvalue weighted by atomic mass is 32.1. The first-order valence-corrected chi connectivity index (χ1v) is 6.93. The third-order valence-corrected chi connectivity index (χ3v) is 4.20. The molecule has 0 saturated heterocycles. The van der Waals surface area contributed by atoms with Crippen LogP contribution in [0.2, 0.25) is 0 Å². The standard InChI is InChI=1S/C14H19N3OS/c1-8-5-6-12(18-4)11(7-8)13(17-15)14-9(2)16-10(3)19-14/h5-7,13,17H,15H2,1-4H3. The van der Waals surface area contributed by atoms with Crippen molar-refractivity contribution in [2.75, 3.05) is 7.11 Å². The predicted molar refractivity (Wildman–Crippen MR) is 78.5 cm³/mol. The molecule has 2 aromatic rings. The summed E-state index contributed by atoms with van der Waals surface area (Å²) >= 11 is 1.66. The monoisotopic (exact) mass is 277 g/mol. The lowest BCUT2D eigenvalue weighted by molar-refractivity contribution is 0.404. The second-order valence-electron chi connectivity index (χ2n) is 4.53. The highest BCUT2D eigenvalue weighted by molar-refractivity contribution is 7.11. The van der Waals surface area contributed by atoms with Crippen LogP contribution < -0.4 is 16.0 Å². The summed E-state index contributed by atoms with van der Waals surface area (Å²) in [6.45, 7) is 6.06. The number of aryl methyl sites for hydroxylation is 3. The van der Waals surface area contributed by atoms with Gasteiger partial charge in [0, 0.05) is 5.56 Å². The Kier molecular flexibility index (Phi) is 4.19. The van der Waals surface area contributed by atoms with E-state index in [1.165, 1.54) is 5.56 Å². The van der Waals surface area contributed by atoms with Gasteiger partial charge in [0.25, 0.3) is 0 Å². The second kappa shape index (κ2) is 5.69. The van der Waals surface area contributed by atoms with E-state index < -0.39 is 0 Å². The van der Waals surface area contributed by atoms with Crippen molar-refractivity contribution >= 4 is 11.3 Å². The summed E-state index contributed by atoms with van der Waals surface area (Å²) in [6, 6.07) is 6.00. The van der Waals surface area contributed by atoms with Gasteiger partial charge in [-0.05, 0) is 26.8 Å². The summed E-state index contributed by atoms with van der Waals surface area (Å²) in [7, 11) is 1.67. The first-order chi connectivity index (χ1) is 9.06. The Morgan fingerprint density at radius 2 is 2.05 bits per heavy atom. The molecule has 0 amide bonds. The number of hydrazine groups is 1. The molecule has 1 unspecified atom stereocenters. The highest BCUT2D eigenvalue weighted by Crippen LogP contribution is 2.34. The Balaban J connectivity index is 2.53. The molecule has 0 aliphatic carbocycles. The number of hydrogen-bond acceptors (Lipinski definition) is 5. The Labute approximate surface area is 117 Å². The van der Waals surface area contributed by atoms with E-state index in [0.29, 0.717) is 0 Å². The molecule has 0 aliphatic rings. The first-order valence-electron chi connectivity index (χ1n) is 6.11. The van der Waals surface area contributed by atoms with E-state index in [1.807, 2.05) is 26.0 Å². The van der Waals surface area contributed by atoms with Crippen molar-refractivity contribution in [1.82, 2.24) is 10.4 Å². The minimum Gasteiger partial charge on any atom is -0.496 e. The number of rotatable bonds is 4. The second-order valence-corrected chi connectivity index (χ2v) is 5.76. The van der Waals surface area contributed by atoms with E-state index in [0.717, 1.165) is 26.9 Å². The molecule has 1 aromatic heterocycles.